The molecule has 1 aliphatic rings. The van der Waals surface area contributed by atoms with Crippen LogP contribution in [0.2, 0.25) is 0 Å². The first-order valence-corrected chi connectivity index (χ1v) is 13.2. The Morgan fingerprint density at radius 1 is 0.700 bits per heavy atom. The summed E-state index contributed by atoms with van der Waals surface area (Å²) >= 11 is 0. The van der Waals surface area contributed by atoms with Crippen molar-refractivity contribution in [2.45, 2.75) is 145 Å². The molecule has 0 N–H and O–H groups in total. The van der Waals surface area contributed by atoms with E-state index in [1.165, 1.54) is 117 Å². The first-order chi connectivity index (χ1) is 14.4. The zero-order valence-electron chi connectivity index (χ0n) is 21.8. The molecule has 0 spiro atoms. The van der Waals surface area contributed by atoms with Gasteiger partial charge in [-0.1, -0.05) is 85.5 Å². The molecule has 1 aromatic carbocycles. The molecule has 0 aliphatic carbocycles. The predicted octanol–water partition coefficient (Wildman–Crippen LogP) is 9.59. The minimum Gasteiger partial charge on any atom is -0.490 e. The van der Waals surface area contributed by atoms with Crippen molar-refractivity contribution in [3.63, 3.8) is 0 Å². The molecule has 1 nitrogen and oxygen atoms in total. The van der Waals surface area contributed by atoms with E-state index in [4.69, 9.17) is 4.74 Å². The first-order valence-electron chi connectivity index (χ1n) is 13.2. The van der Waals surface area contributed by atoms with Crippen LogP contribution in [0.3, 0.4) is 0 Å². The van der Waals surface area contributed by atoms with Crippen LogP contribution in [-0.2, 0) is 6.42 Å². The Balaban J connectivity index is 0.00000218. The van der Waals surface area contributed by atoms with Crippen molar-refractivity contribution in [3.8, 4) is 5.75 Å². The molecule has 0 saturated heterocycles. The average molecular weight is 417 g/mol. The Kier molecular flexibility index (Phi) is 13.5. The molecular formula is C29H52O. The van der Waals surface area contributed by atoms with Crippen LogP contribution in [0.25, 0.3) is 0 Å². The highest BCUT2D eigenvalue weighted by atomic mass is 16.5. The van der Waals surface area contributed by atoms with Gasteiger partial charge < -0.3 is 4.74 Å². The Hall–Kier alpha value is -0.980. The number of hydrogen-bond acceptors (Lipinski definition) is 1. The fourth-order valence-corrected chi connectivity index (χ4v) is 4.71. The molecule has 0 amide bonds. The van der Waals surface area contributed by atoms with Crippen LogP contribution in [-0.4, -0.2) is 6.10 Å². The second-order valence-corrected chi connectivity index (χ2v) is 9.74. The van der Waals surface area contributed by atoms with Gasteiger partial charge in [0, 0.05) is 0 Å². The van der Waals surface area contributed by atoms with E-state index in [-0.39, 0.29) is 0 Å². The SMILES string of the molecule is CC.Cc1c(C)c(C)c2c(c1C)CCC(CCCCCCCCCCCC(C)C)O2. The van der Waals surface area contributed by atoms with Crippen LogP contribution >= 0.6 is 0 Å². The van der Waals surface area contributed by atoms with E-state index < -0.39 is 0 Å². The van der Waals surface area contributed by atoms with Crippen molar-refractivity contribution >= 4 is 0 Å². The molecule has 0 aromatic heterocycles. The van der Waals surface area contributed by atoms with Gasteiger partial charge in [-0.15, -0.1) is 0 Å². The monoisotopic (exact) mass is 416 g/mol. The highest BCUT2D eigenvalue weighted by Crippen LogP contribution is 2.38. The van der Waals surface area contributed by atoms with Gasteiger partial charge in [-0.05, 0) is 87.1 Å². The predicted molar refractivity (Wildman–Crippen MR) is 135 cm³/mol. The molecule has 0 radical (unpaired) electrons. The molecule has 30 heavy (non-hydrogen) atoms. The fourth-order valence-electron chi connectivity index (χ4n) is 4.71. The molecule has 1 atom stereocenters. The minimum absolute atomic E-state index is 0.439. The van der Waals surface area contributed by atoms with Gasteiger partial charge in [0.05, 0.1) is 6.10 Å². The van der Waals surface area contributed by atoms with Crippen LogP contribution in [0.15, 0.2) is 0 Å². The van der Waals surface area contributed by atoms with Gasteiger partial charge in [-0.2, -0.15) is 0 Å². The van der Waals surface area contributed by atoms with E-state index in [0.717, 1.165) is 5.92 Å². The van der Waals surface area contributed by atoms with Crippen molar-refractivity contribution in [3.05, 3.63) is 27.8 Å². The third kappa shape index (κ3) is 8.64. The summed E-state index contributed by atoms with van der Waals surface area (Å²) in [4.78, 5) is 0. The van der Waals surface area contributed by atoms with Crippen LogP contribution in [0.1, 0.15) is 133 Å². The standard InChI is InChI=1S/C27H46O.C2H6/c1-20(2)16-14-12-10-8-7-9-11-13-15-17-25-18-19-26-23(5)21(3)22(4)24(6)27(26)28-25;1-2/h20,25H,7-19H2,1-6H3;1-2H3. The zero-order valence-corrected chi connectivity index (χ0v) is 21.8. The topological polar surface area (TPSA) is 9.23 Å². The summed E-state index contributed by atoms with van der Waals surface area (Å²) in [6.45, 7) is 17.7. The Morgan fingerprint density at radius 2 is 1.20 bits per heavy atom. The van der Waals surface area contributed by atoms with Gasteiger partial charge in [0.2, 0.25) is 0 Å². The lowest BCUT2D eigenvalue weighted by atomic mass is 9.88. The molecule has 1 unspecified atom stereocenters. The maximum absolute atomic E-state index is 6.48. The van der Waals surface area contributed by atoms with E-state index in [9.17, 15) is 0 Å². The van der Waals surface area contributed by atoms with Crippen molar-refractivity contribution in [1.29, 1.82) is 0 Å². The summed E-state index contributed by atoms with van der Waals surface area (Å²) in [5.41, 5.74) is 7.18. The highest BCUT2D eigenvalue weighted by Gasteiger charge is 2.24. The number of rotatable bonds is 12. The van der Waals surface area contributed by atoms with Gasteiger partial charge in [-0.3, -0.25) is 0 Å². The van der Waals surface area contributed by atoms with Gasteiger partial charge in [0.1, 0.15) is 5.75 Å². The largest absolute Gasteiger partial charge is 0.490 e. The van der Waals surface area contributed by atoms with Crippen molar-refractivity contribution in [2.24, 2.45) is 5.92 Å². The summed E-state index contributed by atoms with van der Waals surface area (Å²) in [7, 11) is 0. The lowest BCUT2D eigenvalue weighted by Gasteiger charge is -2.30. The molecule has 0 bridgehead atoms. The average Bonchev–Trinajstić information content (AvgIpc) is 2.75. The molecule has 1 aliphatic heterocycles. The second kappa shape index (κ2) is 14.9. The minimum atomic E-state index is 0.439. The van der Waals surface area contributed by atoms with E-state index >= 15 is 0 Å². The van der Waals surface area contributed by atoms with Crippen molar-refractivity contribution in [1.82, 2.24) is 0 Å². The summed E-state index contributed by atoms with van der Waals surface area (Å²) in [6.07, 6.45) is 18.2. The Bertz CT molecular complexity index is 599. The summed E-state index contributed by atoms with van der Waals surface area (Å²) in [6, 6.07) is 0. The smallest absolute Gasteiger partial charge is 0.126 e. The number of unbranched alkanes of at least 4 members (excludes halogenated alkanes) is 8. The molecule has 0 saturated carbocycles. The summed E-state index contributed by atoms with van der Waals surface area (Å²) in [5, 5.41) is 0. The van der Waals surface area contributed by atoms with Gasteiger partial charge in [0.15, 0.2) is 0 Å². The van der Waals surface area contributed by atoms with Gasteiger partial charge in [0.25, 0.3) is 0 Å². The lowest BCUT2D eigenvalue weighted by Crippen LogP contribution is -2.24. The maximum Gasteiger partial charge on any atom is 0.126 e. The van der Waals surface area contributed by atoms with E-state index in [0.29, 0.717) is 6.10 Å². The molecule has 1 heterocycles. The summed E-state index contributed by atoms with van der Waals surface area (Å²) in [5.74, 6) is 2.09. The molecule has 1 heteroatoms. The van der Waals surface area contributed by atoms with Gasteiger partial charge >= 0.3 is 0 Å². The zero-order chi connectivity index (χ0) is 22.5. The Labute approximate surface area is 189 Å². The van der Waals surface area contributed by atoms with Gasteiger partial charge in [-0.25, -0.2) is 0 Å². The molecule has 0 fully saturated rings. The van der Waals surface area contributed by atoms with Crippen LogP contribution < -0.4 is 4.74 Å². The Morgan fingerprint density at radius 3 is 1.77 bits per heavy atom. The number of ether oxygens (including phenoxy) is 1. The van der Waals surface area contributed by atoms with E-state index in [1.54, 1.807) is 0 Å². The third-order valence-electron chi connectivity index (χ3n) is 7.06. The number of hydrogen-bond donors (Lipinski definition) is 0. The fraction of sp³-hybridized carbons (Fsp3) is 0.793. The van der Waals surface area contributed by atoms with Crippen molar-refractivity contribution in [2.75, 3.05) is 0 Å². The molecule has 1 aromatic rings. The summed E-state index contributed by atoms with van der Waals surface area (Å²) < 4.78 is 6.48. The van der Waals surface area contributed by atoms with E-state index in [2.05, 4.69) is 41.5 Å². The number of benzene rings is 1. The molecular weight excluding hydrogens is 364 g/mol. The van der Waals surface area contributed by atoms with Crippen molar-refractivity contribution < 1.29 is 4.74 Å². The van der Waals surface area contributed by atoms with Crippen LogP contribution in [0.5, 0.6) is 5.75 Å². The molecule has 174 valence electrons. The third-order valence-corrected chi connectivity index (χ3v) is 7.06. The highest BCUT2D eigenvalue weighted by molar-refractivity contribution is 5.54. The van der Waals surface area contributed by atoms with Crippen LogP contribution in [0.4, 0.5) is 0 Å². The lowest BCUT2D eigenvalue weighted by molar-refractivity contribution is 0.158. The quantitative estimate of drug-likeness (QED) is 0.308. The normalized spacial score (nSPS) is 15.4. The maximum atomic E-state index is 6.48. The first kappa shape index (κ1) is 27.1. The number of fused-ring (bicyclic) bond motifs is 1. The second-order valence-electron chi connectivity index (χ2n) is 9.74. The van der Waals surface area contributed by atoms with Crippen LogP contribution in [0, 0.1) is 33.6 Å². The molecule has 2 rings (SSSR count). The van der Waals surface area contributed by atoms with E-state index in [1.807, 2.05) is 13.8 Å².